The fourth-order valence-corrected chi connectivity index (χ4v) is 4.48. The molecule has 0 saturated heterocycles. The quantitative estimate of drug-likeness (QED) is 0.318. The number of aryl methyl sites for hydroxylation is 1. The molecule has 1 N–H and O–H groups in total. The van der Waals surface area contributed by atoms with Gasteiger partial charge in [-0.1, -0.05) is 22.7 Å². The highest BCUT2D eigenvalue weighted by molar-refractivity contribution is 7.17. The van der Waals surface area contributed by atoms with Crippen LogP contribution in [-0.2, 0) is 11.3 Å². The highest BCUT2D eigenvalue weighted by atomic mass is 32.1. The van der Waals surface area contributed by atoms with Crippen molar-refractivity contribution >= 4 is 49.7 Å². The second-order valence-electron chi connectivity index (χ2n) is 6.24. The number of carbonyl (C=O) groups excluding carboxylic acids is 1. The molecule has 160 valence electrons. The van der Waals surface area contributed by atoms with Crippen molar-refractivity contribution in [1.82, 2.24) is 9.55 Å². The minimum atomic E-state index is -0.401. The molecule has 0 fully saturated rings. The topological polar surface area (TPSA) is 104 Å². The van der Waals surface area contributed by atoms with Crippen LogP contribution in [0.15, 0.2) is 22.0 Å². The van der Waals surface area contributed by atoms with Gasteiger partial charge in [0.05, 0.1) is 49.0 Å². The van der Waals surface area contributed by atoms with Gasteiger partial charge in [-0.05, 0) is 20.8 Å². The number of nitrogens with one attached hydrogen (secondary N) is 1. The number of fused-ring (bicyclic) bond motifs is 1. The van der Waals surface area contributed by atoms with Gasteiger partial charge in [-0.3, -0.25) is 14.8 Å². The van der Waals surface area contributed by atoms with Crippen LogP contribution in [0.2, 0.25) is 0 Å². The van der Waals surface area contributed by atoms with Crippen molar-refractivity contribution in [3.8, 4) is 11.5 Å². The Balaban J connectivity index is 1.81. The molecule has 0 unspecified atom stereocenters. The number of carbonyl (C=O) groups is 1. The molecular weight excluding hydrogens is 428 g/mol. The summed E-state index contributed by atoms with van der Waals surface area (Å²) >= 11 is 2.30. The van der Waals surface area contributed by atoms with Crippen molar-refractivity contribution in [2.24, 2.45) is 5.10 Å². The number of thiazole rings is 2. The first-order valence-corrected chi connectivity index (χ1v) is 10.7. The molecule has 30 heavy (non-hydrogen) atoms. The lowest BCUT2D eigenvalue weighted by Crippen LogP contribution is -2.18. The highest BCUT2D eigenvalue weighted by Crippen LogP contribution is 2.33. The molecule has 11 heteroatoms. The minimum Gasteiger partial charge on any atom is -0.493 e. The number of hydrazone groups is 1. The van der Waals surface area contributed by atoms with Crippen LogP contribution < -0.4 is 19.8 Å². The molecule has 1 aromatic carbocycles. The van der Waals surface area contributed by atoms with E-state index in [0.29, 0.717) is 39.5 Å². The monoisotopic (exact) mass is 450 g/mol. The molecule has 0 aliphatic carbocycles. The van der Waals surface area contributed by atoms with E-state index in [1.54, 1.807) is 51.7 Å². The number of aromatic nitrogens is 2. The van der Waals surface area contributed by atoms with Crippen molar-refractivity contribution in [3.63, 3.8) is 0 Å². The average Bonchev–Trinajstić information content (AvgIpc) is 3.24. The molecule has 0 bridgehead atoms. The van der Waals surface area contributed by atoms with E-state index in [2.05, 4.69) is 15.5 Å². The van der Waals surface area contributed by atoms with Gasteiger partial charge in [0.2, 0.25) is 5.13 Å². The number of methoxy groups -OCH3 is 2. The Morgan fingerprint density at radius 2 is 1.93 bits per heavy atom. The number of benzene rings is 1. The average molecular weight is 451 g/mol. The van der Waals surface area contributed by atoms with Crippen LogP contribution in [0.1, 0.15) is 29.2 Å². The second-order valence-corrected chi connectivity index (χ2v) is 8.23. The zero-order chi connectivity index (χ0) is 21.8. The number of anilines is 1. The summed E-state index contributed by atoms with van der Waals surface area (Å²) in [6.07, 6.45) is 0. The lowest BCUT2D eigenvalue weighted by Gasteiger charge is -2.09. The van der Waals surface area contributed by atoms with Gasteiger partial charge in [-0.15, -0.1) is 0 Å². The molecule has 0 saturated carbocycles. The summed E-state index contributed by atoms with van der Waals surface area (Å²) in [5, 5.41) is 4.78. The first kappa shape index (κ1) is 21.8. The molecule has 2 aromatic heterocycles. The maximum absolute atomic E-state index is 12.5. The smallest absolute Gasteiger partial charge is 0.350 e. The summed E-state index contributed by atoms with van der Waals surface area (Å²) in [7, 11) is 3.11. The van der Waals surface area contributed by atoms with Crippen LogP contribution in [0.5, 0.6) is 11.5 Å². The number of nitrogens with zero attached hydrogens (tertiary/aromatic N) is 3. The summed E-state index contributed by atoms with van der Waals surface area (Å²) in [4.78, 5) is 29.0. The normalized spacial score (nSPS) is 11.6. The number of rotatable bonds is 8. The van der Waals surface area contributed by atoms with Gasteiger partial charge in [0.15, 0.2) is 11.5 Å². The van der Waals surface area contributed by atoms with Crippen LogP contribution in [0.4, 0.5) is 5.13 Å². The lowest BCUT2D eigenvalue weighted by atomic mass is 10.3. The maximum atomic E-state index is 12.5. The Morgan fingerprint density at radius 1 is 1.23 bits per heavy atom. The summed E-state index contributed by atoms with van der Waals surface area (Å²) in [6, 6.07) is 3.57. The molecule has 0 aliphatic heterocycles. The predicted molar refractivity (Wildman–Crippen MR) is 119 cm³/mol. The van der Waals surface area contributed by atoms with Crippen molar-refractivity contribution in [3.05, 3.63) is 32.4 Å². The molecular formula is C19H22N4O5S2. The molecule has 0 amide bonds. The SMILES string of the molecule is CCOC(=O)c1sc(N/N=C(\C)Cn2c(=O)sc3cc(OC)c(OC)cc32)nc1C. The summed E-state index contributed by atoms with van der Waals surface area (Å²) in [6.45, 7) is 5.88. The van der Waals surface area contributed by atoms with E-state index in [-0.39, 0.29) is 11.4 Å². The Hall–Kier alpha value is -2.92. The van der Waals surface area contributed by atoms with E-state index in [1.807, 2.05) is 0 Å². The Morgan fingerprint density at radius 3 is 2.60 bits per heavy atom. The number of hydrogen-bond acceptors (Lipinski definition) is 10. The molecule has 0 aliphatic rings. The van der Waals surface area contributed by atoms with Crippen LogP contribution in [0.3, 0.4) is 0 Å². The van der Waals surface area contributed by atoms with E-state index in [0.717, 1.165) is 21.6 Å². The molecule has 0 spiro atoms. The van der Waals surface area contributed by atoms with Gasteiger partial charge in [0.25, 0.3) is 0 Å². The van der Waals surface area contributed by atoms with Crippen LogP contribution >= 0.6 is 22.7 Å². The third kappa shape index (κ3) is 4.46. The van der Waals surface area contributed by atoms with Crippen LogP contribution in [0.25, 0.3) is 10.2 Å². The van der Waals surface area contributed by atoms with E-state index in [1.165, 1.54) is 11.3 Å². The molecule has 3 aromatic rings. The first-order chi connectivity index (χ1) is 14.4. The van der Waals surface area contributed by atoms with Crippen LogP contribution in [-0.4, -0.2) is 42.1 Å². The van der Waals surface area contributed by atoms with Gasteiger partial charge in [0, 0.05) is 12.1 Å². The van der Waals surface area contributed by atoms with Gasteiger partial charge in [0.1, 0.15) is 4.88 Å². The standard InChI is InChI=1S/C19H22N4O5S2/c1-6-28-17(24)16-11(3)20-18(30-16)22-21-10(2)9-23-12-7-13(26-4)14(27-5)8-15(12)29-19(23)25/h7-8H,6,9H2,1-5H3,(H,20,22)/b21-10+. The van der Waals surface area contributed by atoms with E-state index < -0.39 is 5.97 Å². The molecule has 0 radical (unpaired) electrons. The van der Waals surface area contributed by atoms with Gasteiger partial charge < -0.3 is 14.2 Å². The largest absolute Gasteiger partial charge is 0.493 e. The summed E-state index contributed by atoms with van der Waals surface area (Å²) < 4.78 is 18.1. The Bertz CT molecular complexity index is 1160. The van der Waals surface area contributed by atoms with Gasteiger partial charge in [-0.25, -0.2) is 9.78 Å². The number of hydrogen-bond donors (Lipinski definition) is 1. The van der Waals surface area contributed by atoms with Crippen molar-refractivity contribution in [1.29, 1.82) is 0 Å². The van der Waals surface area contributed by atoms with Crippen LogP contribution in [0, 0.1) is 6.92 Å². The van der Waals surface area contributed by atoms with Crippen molar-refractivity contribution in [2.75, 3.05) is 26.3 Å². The van der Waals surface area contributed by atoms with E-state index >= 15 is 0 Å². The highest BCUT2D eigenvalue weighted by Gasteiger charge is 2.17. The zero-order valence-electron chi connectivity index (χ0n) is 17.3. The van der Waals surface area contributed by atoms with Gasteiger partial charge in [-0.2, -0.15) is 5.10 Å². The fourth-order valence-electron chi connectivity index (χ4n) is 2.78. The van der Waals surface area contributed by atoms with Gasteiger partial charge >= 0.3 is 10.8 Å². The first-order valence-electron chi connectivity index (χ1n) is 9.07. The third-order valence-electron chi connectivity index (χ3n) is 4.16. The predicted octanol–water partition coefficient (Wildman–Crippen LogP) is 3.51. The third-order valence-corrected chi connectivity index (χ3v) is 6.14. The second kappa shape index (κ2) is 9.26. The van der Waals surface area contributed by atoms with Crippen molar-refractivity contribution in [2.45, 2.75) is 27.3 Å². The summed E-state index contributed by atoms with van der Waals surface area (Å²) in [5.74, 6) is 0.720. The molecule has 0 atom stereocenters. The maximum Gasteiger partial charge on any atom is 0.350 e. The number of esters is 1. The molecule has 2 heterocycles. The fraction of sp³-hybridized carbons (Fsp3) is 0.368. The Labute approximate surface area is 180 Å². The molecule has 3 rings (SSSR count). The lowest BCUT2D eigenvalue weighted by molar-refractivity contribution is 0.0531. The van der Waals surface area contributed by atoms with E-state index in [4.69, 9.17) is 14.2 Å². The Kier molecular flexibility index (Phi) is 6.73. The summed E-state index contributed by atoms with van der Waals surface area (Å²) in [5.41, 5.74) is 4.84. The van der Waals surface area contributed by atoms with E-state index in [9.17, 15) is 9.59 Å². The van der Waals surface area contributed by atoms with Crippen molar-refractivity contribution < 1.29 is 19.0 Å². The molecule has 9 nitrogen and oxygen atoms in total. The number of ether oxygens (including phenoxy) is 3. The zero-order valence-corrected chi connectivity index (χ0v) is 18.9. The minimum absolute atomic E-state index is 0.107.